The van der Waals surface area contributed by atoms with E-state index in [4.69, 9.17) is 15.6 Å². The number of halogens is 1. The standard InChI is InChI=1S/C14H16FNO3/c1-19-10-4-8(2-3-9(10)15)13-5-14(6-13,7-13)11(16)12(17)18/h2-4,11H,5-7,16H2,1H3,(H,17,18). The van der Waals surface area contributed by atoms with Gasteiger partial charge in [-0.05, 0) is 47.8 Å². The van der Waals surface area contributed by atoms with Gasteiger partial charge in [-0.3, -0.25) is 4.79 Å². The van der Waals surface area contributed by atoms with E-state index in [1.54, 1.807) is 12.1 Å². The number of aliphatic carboxylic acids is 1. The second kappa shape index (κ2) is 3.70. The SMILES string of the molecule is COc1cc(C23CC(C(N)C(=O)O)(C2)C3)ccc1F. The zero-order chi connectivity index (χ0) is 13.8. The molecular formula is C14H16FNO3. The van der Waals surface area contributed by atoms with Crippen molar-refractivity contribution in [3.8, 4) is 5.75 Å². The van der Waals surface area contributed by atoms with Gasteiger partial charge in [0, 0.05) is 0 Å². The zero-order valence-corrected chi connectivity index (χ0v) is 10.6. The summed E-state index contributed by atoms with van der Waals surface area (Å²) < 4.78 is 18.4. The molecule has 1 aromatic carbocycles. The Kier molecular flexibility index (Phi) is 2.41. The lowest BCUT2D eigenvalue weighted by molar-refractivity contribution is -0.178. The highest BCUT2D eigenvalue weighted by molar-refractivity contribution is 5.76. The average Bonchev–Trinajstić information content (AvgIpc) is 2.27. The maximum Gasteiger partial charge on any atom is 0.321 e. The average molecular weight is 265 g/mol. The molecule has 102 valence electrons. The highest BCUT2D eigenvalue weighted by atomic mass is 19.1. The van der Waals surface area contributed by atoms with E-state index in [2.05, 4.69) is 0 Å². The number of nitrogens with two attached hydrogens (primary N) is 1. The highest BCUT2D eigenvalue weighted by Crippen LogP contribution is 2.74. The number of carbonyl (C=O) groups is 1. The fourth-order valence-corrected chi connectivity index (χ4v) is 3.75. The predicted molar refractivity (Wildman–Crippen MR) is 66.5 cm³/mol. The van der Waals surface area contributed by atoms with Gasteiger partial charge in [-0.15, -0.1) is 0 Å². The largest absolute Gasteiger partial charge is 0.494 e. The highest BCUT2D eigenvalue weighted by Gasteiger charge is 2.71. The second-order valence-electron chi connectivity index (χ2n) is 5.84. The number of benzene rings is 1. The van der Waals surface area contributed by atoms with Gasteiger partial charge in [-0.25, -0.2) is 4.39 Å². The lowest BCUT2D eigenvalue weighted by atomic mass is 9.31. The normalized spacial score (nSPS) is 33.0. The summed E-state index contributed by atoms with van der Waals surface area (Å²) in [6, 6.07) is 4.08. The van der Waals surface area contributed by atoms with Crippen LogP contribution in [0.15, 0.2) is 18.2 Å². The number of rotatable bonds is 4. The Morgan fingerprint density at radius 1 is 1.47 bits per heavy atom. The Hall–Kier alpha value is -1.62. The lowest BCUT2D eigenvalue weighted by Crippen LogP contribution is -2.72. The maximum absolute atomic E-state index is 13.4. The minimum absolute atomic E-state index is 0.0198. The van der Waals surface area contributed by atoms with Crippen molar-refractivity contribution in [3.63, 3.8) is 0 Å². The molecule has 4 nitrogen and oxygen atoms in total. The Bertz CT molecular complexity index is 538. The van der Waals surface area contributed by atoms with Crippen LogP contribution in [0.25, 0.3) is 0 Å². The van der Waals surface area contributed by atoms with Crippen LogP contribution in [0.1, 0.15) is 24.8 Å². The third-order valence-electron chi connectivity index (χ3n) is 4.76. The maximum atomic E-state index is 13.4. The molecule has 0 amide bonds. The molecule has 19 heavy (non-hydrogen) atoms. The Labute approximate surface area is 110 Å². The molecule has 2 bridgehead atoms. The quantitative estimate of drug-likeness (QED) is 0.868. The summed E-state index contributed by atoms with van der Waals surface area (Å²) in [5, 5.41) is 8.99. The molecule has 5 heteroatoms. The number of carboxylic acids is 1. The third kappa shape index (κ3) is 1.51. The molecule has 0 saturated heterocycles. The lowest BCUT2D eigenvalue weighted by Gasteiger charge is -2.72. The van der Waals surface area contributed by atoms with Gasteiger partial charge in [-0.2, -0.15) is 0 Å². The van der Waals surface area contributed by atoms with Crippen LogP contribution in [-0.4, -0.2) is 24.2 Å². The van der Waals surface area contributed by atoms with E-state index in [0.29, 0.717) is 0 Å². The molecule has 0 aromatic heterocycles. The predicted octanol–water partition coefficient (Wildman–Crippen LogP) is 1.67. The molecule has 1 atom stereocenters. The Morgan fingerprint density at radius 2 is 2.11 bits per heavy atom. The van der Waals surface area contributed by atoms with Crippen LogP contribution >= 0.6 is 0 Å². The topological polar surface area (TPSA) is 72.5 Å². The molecule has 3 saturated carbocycles. The van der Waals surface area contributed by atoms with Crippen molar-refractivity contribution in [1.82, 2.24) is 0 Å². The van der Waals surface area contributed by atoms with Crippen molar-refractivity contribution >= 4 is 5.97 Å². The van der Waals surface area contributed by atoms with Crippen molar-refractivity contribution in [2.45, 2.75) is 30.7 Å². The summed E-state index contributed by atoms with van der Waals surface area (Å²) in [4.78, 5) is 11.0. The fourth-order valence-electron chi connectivity index (χ4n) is 3.75. The second-order valence-corrected chi connectivity index (χ2v) is 5.84. The summed E-state index contributed by atoms with van der Waals surface area (Å²) in [5.74, 6) is -1.08. The minimum atomic E-state index is -0.940. The van der Waals surface area contributed by atoms with Crippen LogP contribution in [0.4, 0.5) is 4.39 Å². The van der Waals surface area contributed by atoms with Gasteiger partial charge in [0.2, 0.25) is 0 Å². The monoisotopic (exact) mass is 265 g/mol. The van der Waals surface area contributed by atoms with Gasteiger partial charge in [-0.1, -0.05) is 6.07 Å². The summed E-state index contributed by atoms with van der Waals surface area (Å²) in [5.41, 5.74) is 6.47. The van der Waals surface area contributed by atoms with Crippen LogP contribution in [0.2, 0.25) is 0 Å². The number of hydrogen-bond donors (Lipinski definition) is 2. The molecule has 3 fully saturated rings. The van der Waals surface area contributed by atoms with Crippen LogP contribution in [-0.2, 0) is 10.2 Å². The number of carboxylic acid groups (broad SMARTS) is 1. The molecular weight excluding hydrogens is 249 g/mol. The van der Waals surface area contributed by atoms with Crippen molar-refractivity contribution < 1.29 is 19.0 Å². The summed E-state index contributed by atoms with van der Waals surface area (Å²) in [6.45, 7) is 0. The molecule has 1 unspecified atom stereocenters. The molecule has 4 rings (SSSR count). The number of hydrogen-bond acceptors (Lipinski definition) is 3. The molecule has 3 aliphatic rings. The van der Waals surface area contributed by atoms with Crippen molar-refractivity contribution in [1.29, 1.82) is 0 Å². The first-order valence-electron chi connectivity index (χ1n) is 6.25. The molecule has 0 spiro atoms. The van der Waals surface area contributed by atoms with Crippen LogP contribution in [0.5, 0.6) is 5.75 Å². The molecule has 3 N–H and O–H groups in total. The van der Waals surface area contributed by atoms with Crippen LogP contribution in [0.3, 0.4) is 0 Å². The van der Waals surface area contributed by atoms with Crippen molar-refractivity contribution in [2.75, 3.05) is 7.11 Å². The fraction of sp³-hybridized carbons (Fsp3) is 0.500. The van der Waals surface area contributed by atoms with E-state index in [0.717, 1.165) is 24.8 Å². The zero-order valence-electron chi connectivity index (χ0n) is 10.6. The summed E-state index contributed by atoms with van der Waals surface area (Å²) in [6.07, 6.45) is 2.30. The number of methoxy groups -OCH3 is 1. The molecule has 1 aromatic rings. The molecule has 0 heterocycles. The van der Waals surface area contributed by atoms with Gasteiger partial charge in [0.25, 0.3) is 0 Å². The summed E-state index contributed by atoms with van der Waals surface area (Å²) >= 11 is 0. The van der Waals surface area contributed by atoms with E-state index in [1.807, 2.05) is 0 Å². The molecule has 3 aliphatic carbocycles. The minimum Gasteiger partial charge on any atom is -0.494 e. The first kappa shape index (κ1) is 12.4. The Morgan fingerprint density at radius 3 is 2.63 bits per heavy atom. The third-order valence-corrected chi connectivity index (χ3v) is 4.76. The Balaban J connectivity index is 1.80. The van der Waals surface area contributed by atoms with E-state index in [1.165, 1.54) is 13.2 Å². The first-order chi connectivity index (χ1) is 8.92. The van der Waals surface area contributed by atoms with E-state index < -0.39 is 12.0 Å². The summed E-state index contributed by atoms with van der Waals surface area (Å²) in [7, 11) is 1.44. The van der Waals surface area contributed by atoms with Gasteiger partial charge in [0.15, 0.2) is 11.6 Å². The van der Waals surface area contributed by atoms with E-state index in [9.17, 15) is 9.18 Å². The van der Waals surface area contributed by atoms with Crippen LogP contribution in [0, 0.1) is 11.2 Å². The molecule has 0 radical (unpaired) electrons. The van der Waals surface area contributed by atoms with Crippen molar-refractivity contribution in [3.05, 3.63) is 29.6 Å². The van der Waals surface area contributed by atoms with Crippen LogP contribution < -0.4 is 10.5 Å². The number of ether oxygens (including phenoxy) is 1. The molecule has 0 aliphatic heterocycles. The van der Waals surface area contributed by atoms with E-state index >= 15 is 0 Å². The van der Waals surface area contributed by atoms with Gasteiger partial charge < -0.3 is 15.6 Å². The smallest absolute Gasteiger partial charge is 0.321 e. The van der Waals surface area contributed by atoms with E-state index in [-0.39, 0.29) is 22.4 Å². The van der Waals surface area contributed by atoms with Gasteiger partial charge >= 0.3 is 5.97 Å². The van der Waals surface area contributed by atoms with Crippen molar-refractivity contribution in [2.24, 2.45) is 11.1 Å². The first-order valence-corrected chi connectivity index (χ1v) is 6.25. The van der Waals surface area contributed by atoms with Gasteiger partial charge in [0.1, 0.15) is 6.04 Å². The van der Waals surface area contributed by atoms with Gasteiger partial charge in [0.05, 0.1) is 7.11 Å².